The number of hydrogen-bond donors (Lipinski definition) is 1. The Labute approximate surface area is 127 Å². The minimum atomic E-state index is -0.340. The maximum atomic E-state index is 5.67. The maximum absolute atomic E-state index is 5.67. The average Bonchev–Trinajstić information content (AvgIpc) is 2.45. The van der Waals surface area contributed by atoms with E-state index in [1.54, 1.807) is 34.5 Å². The van der Waals surface area contributed by atoms with E-state index in [-0.39, 0.29) is 36.8 Å². The van der Waals surface area contributed by atoms with Gasteiger partial charge in [0.15, 0.2) is 0 Å². The van der Waals surface area contributed by atoms with E-state index in [0.29, 0.717) is 19.8 Å². The Hall–Kier alpha value is -0.210. The van der Waals surface area contributed by atoms with Crippen LogP contribution in [-0.2, 0) is 23.7 Å². The lowest BCUT2D eigenvalue weighted by atomic mass is 10.0. The third-order valence-electron chi connectivity index (χ3n) is 2.96. The van der Waals surface area contributed by atoms with Crippen LogP contribution >= 0.6 is 12.4 Å². The fourth-order valence-electron chi connectivity index (χ4n) is 1.92. The molecular formula is C13H28ClNO5. The molecule has 0 radical (unpaired) electrons. The number of hydrogen-bond acceptors (Lipinski definition) is 6. The second-order valence-electron chi connectivity index (χ2n) is 4.01. The number of halogens is 1. The summed E-state index contributed by atoms with van der Waals surface area (Å²) in [4.78, 5) is 0. The first-order valence-corrected chi connectivity index (χ1v) is 6.19. The van der Waals surface area contributed by atoms with Crippen molar-refractivity contribution in [1.29, 1.82) is 0 Å². The van der Waals surface area contributed by atoms with E-state index in [4.69, 9.17) is 29.4 Å². The summed E-state index contributed by atoms with van der Waals surface area (Å²) in [7, 11) is 6.38. The number of ether oxygens (including phenoxy) is 5. The molecule has 2 N–H and O–H groups in total. The van der Waals surface area contributed by atoms with Gasteiger partial charge in [-0.25, -0.2) is 0 Å². The van der Waals surface area contributed by atoms with Gasteiger partial charge in [0.1, 0.15) is 18.3 Å². The van der Waals surface area contributed by atoms with E-state index in [1.807, 2.05) is 0 Å². The summed E-state index contributed by atoms with van der Waals surface area (Å²) < 4.78 is 27.1. The van der Waals surface area contributed by atoms with Crippen LogP contribution in [0.3, 0.4) is 0 Å². The first-order chi connectivity index (χ1) is 9.19. The van der Waals surface area contributed by atoms with Crippen molar-refractivity contribution in [2.45, 2.75) is 24.4 Å². The maximum Gasteiger partial charge on any atom is 0.114 e. The van der Waals surface area contributed by atoms with Crippen molar-refractivity contribution in [3.05, 3.63) is 12.7 Å². The molecule has 0 saturated carbocycles. The third-order valence-corrected chi connectivity index (χ3v) is 2.96. The van der Waals surface area contributed by atoms with Crippen LogP contribution in [0.1, 0.15) is 0 Å². The highest BCUT2D eigenvalue weighted by Crippen LogP contribution is 2.16. The largest absolute Gasteiger partial charge is 0.377 e. The normalized spacial score (nSPS) is 16.9. The molecule has 6 nitrogen and oxygen atoms in total. The molecule has 0 unspecified atom stereocenters. The molecule has 0 aromatic rings. The Balaban J connectivity index is 0. The van der Waals surface area contributed by atoms with Gasteiger partial charge in [-0.1, -0.05) is 6.08 Å². The predicted octanol–water partition coefficient (Wildman–Crippen LogP) is 0.630. The van der Waals surface area contributed by atoms with Gasteiger partial charge in [-0.2, -0.15) is 0 Å². The summed E-state index contributed by atoms with van der Waals surface area (Å²) in [6.07, 6.45) is 0.455. The molecule has 0 bridgehead atoms. The van der Waals surface area contributed by atoms with Gasteiger partial charge in [-0.05, 0) is 0 Å². The van der Waals surface area contributed by atoms with Crippen molar-refractivity contribution < 1.29 is 23.7 Å². The van der Waals surface area contributed by atoms with Gasteiger partial charge in [0.25, 0.3) is 0 Å². The van der Waals surface area contributed by atoms with Gasteiger partial charge >= 0.3 is 0 Å². The monoisotopic (exact) mass is 313 g/mol. The zero-order chi connectivity index (χ0) is 14.7. The van der Waals surface area contributed by atoms with Crippen LogP contribution in [0.15, 0.2) is 12.7 Å². The van der Waals surface area contributed by atoms with E-state index in [9.17, 15) is 0 Å². The smallest absolute Gasteiger partial charge is 0.114 e. The first-order valence-electron chi connectivity index (χ1n) is 6.19. The Morgan fingerprint density at radius 3 is 1.80 bits per heavy atom. The van der Waals surface area contributed by atoms with Crippen LogP contribution in [0.2, 0.25) is 0 Å². The van der Waals surface area contributed by atoms with Crippen LogP contribution in [0, 0.1) is 0 Å². The molecule has 0 fully saturated rings. The lowest BCUT2D eigenvalue weighted by Gasteiger charge is -2.34. The summed E-state index contributed by atoms with van der Waals surface area (Å²) >= 11 is 0. The Bertz CT molecular complexity index is 229. The third kappa shape index (κ3) is 6.99. The molecule has 0 saturated heterocycles. The molecule has 122 valence electrons. The SMILES string of the molecule is C=CCOC[C@@H](OC)[C@@H](OC)[C@H](OC)[C@H](CN)OC.Cl. The van der Waals surface area contributed by atoms with E-state index in [2.05, 4.69) is 6.58 Å². The van der Waals surface area contributed by atoms with Crippen LogP contribution in [0.25, 0.3) is 0 Å². The number of methoxy groups -OCH3 is 4. The fraction of sp³-hybridized carbons (Fsp3) is 0.846. The molecule has 20 heavy (non-hydrogen) atoms. The summed E-state index contributed by atoms with van der Waals surface area (Å²) in [5.41, 5.74) is 5.67. The van der Waals surface area contributed by atoms with Crippen LogP contribution in [-0.4, -0.2) is 72.6 Å². The Morgan fingerprint density at radius 2 is 1.45 bits per heavy atom. The van der Waals surface area contributed by atoms with Crippen LogP contribution in [0.4, 0.5) is 0 Å². The fourth-order valence-corrected chi connectivity index (χ4v) is 1.92. The minimum absolute atomic E-state index is 0. The summed E-state index contributed by atoms with van der Waals surface area (Å²) in [5, 5.41) is 0. The lowest BCUT2D eigenvalue weighted by Crippen LogP contribution is -2.51. The Kier molecular flexibility index (Phi) is 15.2. The molecule has 0 aromatic carbocycles. The zero-order valence-corrected chi connectivity index (χ0v) is 13.6. The molecule has 0 aliphatic heterocycles. The van der Waals surface area contributed by atoms with Crippen LogP contribution < -0.4 is 5.73 Å². The summed E-state index contributed by atoms with van der Waals surface area (Å²) in [6.45, 7) is 4.76. The molecule has 0 aromatic heterocycles. The second kappa shape index (κ2) is 13.8. The molecule has 0 spiro atoms. The predicted molar refractivity (Wildman–Crippen MR) is 80.5 cm³/mol. The molecule has 0 aliphatic rings. The van der Waals surface area contributed by atoms with Crippen molar-refractivity contribution >= 4 is 12.4 Å². The molecule has 0 heterocycles. The highest BCUT2D eigenvalue weighted by Gasteiger charge is 2.35. The van der Waals surface area contributed by atoms with Gasteiger partial charge in [0.05, 0.1) is 19.3 Å². The summed E-state index contributed by atoms with van der Waals surface area (Å²) in [5.74, 6) is 0. The van der Waals surface area contributed by atoms with Crippen molar-refractivity contribution in [3.8, 4) is 0 Å². The van der Waals surface area contributed by atoms with Gasteiger partial charge < -0.3 is 29.4 Å². The number of nitrogens with two attached hydrogens (primary N) is 1. The van der Waals surface area contributed by atoms with Crippen molar-refractivity contribution in [3.63, 3.8) is 0 Å². The topological polar surface area (TPSA) is 72.2 Å². The molecule has 4 atom stereocenters. The quantitative estimate of drug-likeness (QED) is 0.421. The molecule has 0 amide bonds. The van der Waals surface area contributed by atoms with E-state index < -0.39 is 0 Å². The van der Waals surface area contributed by atoms with E-state index >= 15 is 0 Å². The highest BCUT2D eigenvalue weighted by molar-refractivity contribution is 5.85. The lowest BCUT2D eigenvalue weighted by molar-refractivity contribution is -0.157. The van der Waals surface area contributed by atoms with Gasteiger partial charge in [-0.15, -0.1) is 19.0 Å². The standard InChI is InChI=1S/C13H27NO5.ClH/c1-6-7-19-9-11(16-3)13(18-5)12(17-4)10(8-14)15-2;/h6,10-13H,1,7-9,14H2,2-5H3;1H/t10-,11+,12+,13+;/m0./s1. The Morgan fingerprint density at radius 1 is 0.950 bits per heavy atom. The second-order valence-corrected chi connectivity index (χ2v) is 4.01. The van der Waals surface area contributed by atoms with Crippen molar-refractivity contribution in [2.75, 3.05) is 48.2 Å². The summed E-state index contributed by atoms with van der Waals surface area (Å²) in [6, 6.07) is 0. The van der Waals surface area contributed by atoms with E-state index in [1.165, 1.54) is 0 Å². The van der Waals surface area contributed by atoms with E-state index in [0.717, 1.165) is 0 Å². The van der Waals surface area contributed by atoms with Crippen molar-refractivity contribution in [2.24, 2.45) is 5.73 Å². The molecule has 7 heteroatoms. The van der Waals surface area contributed by atoms with Gasteiger partial charge in [0, 0.05) is 35.0 Å². The highest BCUT2D eigenvalue weighted by atomic mass is 35.5. The average molecular weight is 314 g/mol. The van der Waals surface area contributed by atoms with Crippen LogP contribution in [0.5, 0.6) is 0 Å². The molecule has 0 aliphatic carbocycles. The molecular weight excluding hydrogens is 286 g/mol. The first kappa shape index (κ1) is 22.1. The molecule has 0 rings (SSSR count). The minimum Gasteiger partial charge on any atom is -0.377 e. The van der Waals surface area contributed by atoms with Crippen molar-refractivity contribution in [1.82, 2.24) is 0 Å². The zero-order valence-electron chi connectivity index (χ0n) is 12.7. The van der Waals surface area contributed by atoms with Gasteiger partial charge in [-0.3, -0.25) is 0 Å². The number of rotatable bonds is 12. The van der Waals surface area contributed by atoms with Gasteiger partial charge in [0.2, 0.25) is 0 Å².